The summed E-state index contributed by atoms with van der Waals surface area (Å²) in [5.41, 5.74) is 1.41. The summed E-state index contributed by atoms with van der Waals surface area (Å²) >= 11 is 0. The van der Waals surface area contributed by atoms with Crippen molar-refractivity contribution in [3.63, 3.8) is 0 Å². The lowest BCUT2D eigenvalue weighted by molar-refractivity contribution is 1.20. The maximum atomic E-state index is 3.97. The van der Waals surface area contributed by atoms with Crippen molar-refractivity contribution in [3.8, 4) is 0 Å². The van der Waals surface area contributed by atoms with E-state index in [1.165, 1.54) is 10.8 Å². The number of hydrogen-bond acceptors (Lipinski definition) is 0. The van der Waals surface area contributed by atoms with Gasteiger partial charge in [-0.25, -0.2) is 0 Å². The summed E-state index contributed by atoms with van der Waals surface area (Å²) in [6.45, 7) is 8.29. The third kappa shape index (κ3) is 1.70. The van der Waals surface area contributed by atoms with E-state index in [9.17, 15) is 0 Å². The summed E-state index contributed by atoms with van der Waals surface area (Å²) in [6.07, 6.45) is 1.10. The van der Waals surface area contributed by atoms with Gasteiger partial charge in [-0.3, -0.25) is 0 Å². The monoisotopic (exact) mass is 146 g/mol. The molecule has 0 radical (unpaired) electrons. The minimum atomic E-state index is 1.10. The third-order valence-electron chi connectivity index (χ3n) is 2.01. The van der Waals surface area contributed by atoms with E-state index in [1.54, 1.807) is 0 Å². The van der Waals surface area contributed by atoms with Gasteiger partial charge in [0.25, 0.3) is 0 Å². The summed E-state index contributed by atoms with van der Waals surface area (Å²) in [5, 5.41) is 2.43. The van der Waals surface area contributed by atoms with Crippen molar-refractivity contribution in [2.75, 3.05) is 0 Å². The molecule has 0 aliphatic carbocycles. The van der Waals surface area contributed by atoms with Gasteiger partial charge < -0.3 is 0 Å². The largest absolute Gasteiger partial charge is 0.0912 e. The minimum absolute atomic E-state index is 1.10. The highest BCUT2D eigenvalue weighted by molar-refractivity contribution is 5.41. The van der Waals surface area contributed by atoms with Crippen LogP contribution in [0, 0.1) is 0 Å². The molecule has 0 fully saturated rings. The molecule has 0 heterocycles. The van der Waals surface area contributed by atoms with Crippen molar-refractivity contribution in [2.24, 2.45) is 0 Å². The first kappa shape index (κ1) is 8.06. The second-order valence-corrected chi connectivity index (χ2v) is 2.79. The first-order valence-electron chi connectivity index (χ1n) is 3.99. The third-order valence-corrected chi connectivity index (χ3v) is 2.01. The van der Waals surface area contributed by atoms with Gasteiger partial charge in [-0.05, 0) is 23.8 Å². The van der Waals surface area contributed by atoms with Crippen molar-refractivity contribution in [3.05, 3.63) is 34.7 Å². The molecule has 0 spiro atoms. The SMILES string of the molecule is C=c1cccc/c1=C(/C)CC. The van der Waals surface area contributed by atoms with Crippen LogP contribution in [-0.2, 0) is 0 Å². The van der Waals surface area contributed by atoms with Gasteiger partial charge in [-0.15, -0.1) is 0 Å². The first-order chi connectivity index (χ1) is 5.25. The Morgan fingerprint density at radius 3 is 2.55 bits per heavy atom. The Hall–Kier alpha value is -1.04. The van der Waals surface area contributed by atoms with Crippen LogP contribution in [0.5, 0.6) is 0 Å². The standard InChI is InChI=1S/C11H14/c1-4-9(2)11-8-6-5-7-10(11)3/h5-8H,3-4H2,1-2H3/b11-9+. The Kier molecular flexibility index (Phi) is 2.48. The first-order valence-corrected chi connectivity index (χ1v) is 3.99. The molecule has 0 saturated carbocycles. The van der Waals surface area contributed by atoms with Gasteiger partial charge in [-0.1, -0.05) is 43.3 Å². The van der Waals surface area contributed by atoms with Gasteiger partial charge >= 0.3 is 0 Å². The Labute approximate surface area is 67.9 Å². The van der Waals surface area contributed by atoms with Crippen molar-refractivity contribution in [1.29, 1.82) is 0 Å². The van der Waals surface area contributed by atoms with Crippen LogP contribution in [0.2, 0.25) is 0 Å². The molecule has 0 aliphatic rings. The van der Waals surface area contributed by atoms with E-state index in [0.717, 1.165) is 11.6 Å². The van der Waals surface area contributed by atoms with Gasteiger partial charge in [0.2, 0.25) is 0 Å². The molecule has 58 valence electrons. The van der Waals surface area contributed by atoms with E-state index in [2.05, 4.69) is 38.6 Å². The molecule has 0 unspecified atom stereocenters. The molecule has 0 N–H and O–H groups in total. The Balaban J connectivity index is 3.46. The Morgan fingerprint density at radius 1 is 1.36 bits per heavy atom. The Bertz CT molecular complexity index is 333. The quantitative estimate of drug-likeness (QED) is 0.565. The molecule has 0 amide bonds. The topological polar surface area (TPSA) is 0 Å². The summed E-state index contributed by atoms with van der Waals surface area (Å²) in [5.74, 6) is 0. The summed E-state index contributed by atoms with van der Waals surface area (Å²) in [6, 6.07) is 8.26. The molecule has 0 atom stereocenters. The van der Waals surface area contributed by atoms with Crippen LogP contribution in [0.25, 0.3) is 12.2 Å². The van der Waals surface area contributed by atoms with E-state index < -0.39 is 0 Å². The van der Waals surface area contributed by atoms with Gasteiger partial charge in [-0.2, -0.15) is 0 Å². The van der Waals surface area contributed by atoms with E-state index in [1.807, 2.05) is 6.07 Å². The second-order valence-electron chi connectivity index (χ2n) is 2.79. The molecule has 0 aliphatic heterocycles. The number of rotatable bonds is 1. The van der Waals surface area contributed by atoms with Crippen molar-refractivity contribution < 1.29 is 0 Å². The highest BCUT2D eigenvalue weighted by Crippen LogP contribution is 1.93. The van der Waals surface area contributed by atoms with Crippen molar-refractivity contribution in [2.45, 2.75) is 20.3 Å². The normalized spacial score (nSPS) is 12.9. The molecule has 1 rings (SSSR count). The molecule has 0 bridgehead atoms. The fourth-order valence-corrected chi connectivity index (χ4v) is 1.13. The molecule has 0 nitrogen and oxygen atoms in total. The molecule has 0 heteroatoms. The molecular weight excluding hydrogens is 132 g/mol. The molecule has 1 aromatic carbocycles. The van der Waals surface area contributed by atoms with Crippen LogP contribution in [0.3, 0.4) is 0 Å². The molecule has 11 heavy (non-hydrogen) atoms. The van der Waals surface area contributed by atoms with Gasteiger partial charge in [0, 0.05) is 0 Å². The molecular formula is C11H14. The highest BCUT2D eigenvalue weighted by Gasteiger charge is 1.86. The van der Waals surface area contributed by atoms with E-state index in [-0.39, 0.29) is 0 Å². The Morgan fingerprint density at radius 2 is 2.00 bits per heavy atom. The average molecular weight is 146 g/mol. The van der Waals surface area contributed by atoms with Gasteiger partial charge in [0.15, 0.2) is 0 Å². The summed E-state index contributed by atoms with van der Waals surface area (Å²) < 4.78 is 0. The van der Waals surface area contributed by atoms with Gasteiger partial charge in [0.1, 0.15) is 0 Å². The van der Waals surface area contributed by atoms with E-state index >= 15 is 0 Å². The zero-order valence-electron chi connectivity index (χ0n) is 7.22. The average Bonchev–Trinajstić information content (AvgIpc) is 2.04. The molecule has 1 aromatic rings. The van der Waals surface area contributed by atoms with Crippen molar-refractivity contribution >= 4 is 12.2 Å². The minimum Gasteiger partial charge on any atom is -0.0912 e. The lowest BCUT2D eigenvalue weighted by Crippen LogP contribution is -2.23. The lowest BCUT2D eigenvalue weighted by Gasteiger charge is -1.94. The fourth-order valence-electron chi connectivity index (χ4n) is 1.13. The predicted octanol–water partition coefficient (Wildman–Crippen LogP) is 1.68. The maximum Gasteiger partial charge on any atom is -0.0201 e. The van der Waals surface area contributed by atoms with E-state index in [4.69, 9.17) is 0 Å². The highest BCUT2D eigenvalue weighted by atomic mass is 13.9. The second kappa shape index (κ2) is 3.38. The van der Waals surface area contributed by atoms with E-state index in [0.29, 0.717) is 0 Å². The number of benzene rings is 1. The zero-order valence-corrected chi connectivity index (χ0v) is 7.22. The smallest absolute Gasteiger partial charge is 0.0201 e. The number of hydrogen-bond donors (Lipinski definition) is 0. The van der Waals surface area contributed by atoms with Crippen LogP contribution >= 0.6 is 0 Å². The maximum absolute atomic E-state index is 3.97. The van der Waals surface area contributed by atoms with Crippen LogP contribution in [0.4, 0.5) is 0 Å². The zero-order chi connectivity index (χ0) is 8.27. The summed E-state index contributed by atoms with van der Waals surface area (Å²) in [7, 11) is 0. The fraction of sp³-hybridized carbons (Fsp3) is 0.273. The molecule has 0 saturated heterocycles. The molecule has 0 aromatic heterocycles. The lowest BCUT2D eigenvalue weighted by atomic mass is 10.1. The van der Waals surface area contributed by atoms with Crippen LogP contribution in [0.15, 0.2) is 24.3 Å². The summed E-state index contributed by atoms with van der Waals surface area (Å²) in [4.78, 5) is 0. The van der Waals surface area contributed by atoms with Crippen molar-refractivity contribution in [1.82, 2.24) is 0 Å². The van der Waals surface area contributed by atoms with Gasteiger partial charge in [0.05, 0.1) is 0 Å². The van der Waals surface area contributed by atoms with Crippen LogP contribution in [0.1, 0.15) is 20.3 Å². The van der Waals surface area contributed by atoms with Crippen LogP contribution in [-0.4, -0.2) is 0 Å². The predicted molar refractivity (Wildman–Crippen MR) is 50.6 cm³/mol. The van der Waals surface area contributed by atoms with Crippen LogP contribution < -0.4 is 10.4 Å².